The van der Waals surface area contributed by atoms with Crippen LogP contribution in [0.25, 0.3) is 0 Å². The Morgan fingerprint density at radius 3 is 2.42 bits per heavy atom. The standard InChI is InChI=1S/C10H8F5NO3/c11-6-2-7(12)8(16)1-5(6)9(17)19-4-18-3-10(13,14)15/h1-2H,3-4,16H2. The lowest BCUT2D eigenvalue weighted by Gasteiger charge is -2.09. The van der Waals surface area contributed by atoms with Gasteiger partial charge in [0.2, 0.25) is 0 Å². The molecule has 0 aliphatic carbocycles. The topological polar surface area (TPSA) is 61.6 Å². The summed E-state index contributed by atoms with van der Waals surface area (Å²) < 4.78 is 69.2. The van der Waals surface area contributed by atoms with Gasteiger partial charge in [0.25, 0.3) is 0 Å². The molecule has 9 heteroatoms. The van der Waals surface area contributed by atoms with E-state index in [1.807, 2.05) is 0 Å². The van der Waals surface area contributed by atoms with E-state index >= 15 is 0 Å². The number of alkyl halides is 3. The molecular formula is C10H8F5NO3. The van der Waals surface area contributed by atoms with Crippen LogP contribution in [0.1, 0.15) is 10.4 Å². The first-order valence-corrected chi connectivity index (χ1v) is 4.77. The van der Waals surface area contributed by atoms with Crippen molar-refractivity contribution in [3.63, 3.8) is 0 Å². The number of nitrogens with two attached hydrogens (primary N) is 1. The Bertz CT molecular complexity index is 475. The Kier molecular flexibility index (Phi) is 4.65. The third-order valence-corrected chi connectivity index (χ3v) is 1.85. The highest BCUT2D eigenvalue weighted by atomic mass is 19.4. The number of benzene rings is 1. The fourth-order valence-electron chi connectivity index (χ4n) is 1.05. The summed E-state index contributed by atoms with van der Waals surface area (Å²) in [5.74, 6) is -3.62. The molecule has 0 heterocycles. The van der Waals surface area contributed by atoms with Crippen LogP contribution >= 0.6 is 0 Å². The number of ether oxygens (including phenoxy) is 2. The van der Waals surface area contributed by atoms with Gasteiger partial charge in [-0.3, -0.25) is 0 Å². The van der Waals surface area contributed by atoms with Crippen molar-refractivity contribution in [2.24, 2.45) is 0 Å². The minimum Gasteiger partial charge on any atom is -0.435 e. The van der Waals surface area contributed by atoms with Gasteiger partial charge < -0.3 is 15.2 Å². The first-order valence-electron chi connectivity index (χ1n) is 4.77. The average Bonchev–Trinajstić information content (AvgIpc) is 2.28. The summed E-state index contributed by atoms with van der Waals surface area (Å²) in [4.78, 5) is 11.3. The quantitative estimate of drug-likeness (QED) is 0.303. The number of halogens is 5. The van der Waals surface area contributed by atoms with Crippen molar-refractivity contribution in [2.75, 3.05) is 19.1 Å². The molecule has 1 aromatic carbocycles. The van der Waals surface area contributed by atoms with Gasteiger partial charge in [0, 0.05) is 6.07 Å². The predicted molar refractivity (Wildman–Crippen MR) is 53.1 cm³/mol. The molecule has 4 nitrogen and oxygen atoms in total. The van der Waals surface area contributed by atoms with Crippen LogP contribution in [0.3, 0.4) is 0 Å². The number of hydrogen-bond acceptors (Lipinski definition) is 4. The van der Waals surface area contributed by atoms with E-state index in [4.69, 9.17) is 5.73 Å². The van der Waals surface area contributed by atoms with Crippen molar-refractivity contribution in [3.05, 3.63) is 29.3 Å². The number of hydrogen-bond donors (Lipinski definition) is 1. The van der Waals surface area contributed by atoms with Crippen molar-refractivity contribution in [3.8, 4) is 0 Å². The Hall–Kier alpha value is -1.90. The van der Waals surface area contributed by atoms with Crippen LogP contribution < -0.4 is 5.73 Å². The normalized spacial score (nSPS) is 11.4. The number of rotatable bonds is 4. The molecule has 0 saturated carbocycles. The Balaban J connectivity index is 2.57. The molecule has 19 heavy (non-hydrogen) atoms. The fraction of sp³-hybridized carbons (Fsp3) is 0.300. The van der Waals surface area contributed by atoms with Crippen LogP contribution in [-0.2, 0) is 9.47 Å². The van der Waals surface area contributed by atoms with Crippen LogP contribution in [0.2, 0.25) is 0 Å². The molecule has 0 aromatic heterocycles. The van der Waals surface area contributed by atoms with Crippen molar-refractivity contribution in [2.45, 2.75) is 6.18 Å². The lowest BCUT2D eigenvalue weighted by atomic mass is 10.2. The Morgan fingerprint density at radius 2 is 1.84 bits per heavy atom. The molecule has 0 unspecified atom stereocenters. The van der Waals surface area contributed by atoms with Crippen molar-refractivity contribution in [1.82, 2.24) is 0 Å². The lowest BCUT2D eigenvalue weighted by Crippen LogP contribution is -2.19. The lowest BCUT2D eigenvalue weighted by molar-refractivity contribution is -0.190. The number of carbonyl (C=O) groups excluding carboxylic acids is 1. The second kappa shape index (κ2) is 5.83. The maximum absolute atomic E-state index is 13.2. The van der Waals surface area contributed by atoms with Crippen LogP contribution in [0.4, 0.5) is 27.6 Å². The van der Waals surface area contributed by atoms with E-state index in [0.717, 1.165) is 0 Å². The summed E-state index contributed by atoms with van der Waals surface area (Å²) in [6.45, 7) is -2.64. The second-order valence-corrected chi connectivity index (χ2v) is 3.37. The fourth-order valence-corrected chi connectivity index (χ4v) is 1.05. The molecule has 2 N–H and O–H groups in total. The minimum absolute atomic E-state index is 0.364. The monoisotopic (exact) mass is 285 g/mol. The van der Waals surface area contributed by atoms with Gasteiger partial charge in [0.15, 0.2) is 6.79 Å². The van der Waals surface area contributed by atoms with E-state index in [1.54, 1.807) is 0 Å². The second-order valence-electron chi connectivity index (χ2n) is 3.37. The van der Waals surface area contributed by atoms with Gasteiger partial charge in [0.05, 0.1) is 11.3 Å². The van der Waals surface area contributed by atoms with Gasteiger partial charge in [-0.25, -0.2) is 13.6 Å². The van der Waals surface area contributed by atoms with Crippen molar-refractivity contribution in [1.29, 1.82) is 0 Å². The highest BCUT2D eigenvalue weighted by Gasteiger charge is 2.27. The molecule has 0 bridgehead atoms. The third-order valence-electron chi connectivity index (χ3n) is 1.85. The summed E-state index contributed by atoms with van der Waals surface area (Å²) in [7, 11) is 0. The van der Waals surface area contributed by atoms with Crippen molar-refractivity contribution >= 4 is 11.7 Å². The molecule has 0 atom stereocenters. The van der Waals surface area contributed by atoms with Gasteiger partial charge in [-0.05, 0) is 6.07 Å². The number of esters is 1. The molecule has 0 saturated heterocycles. The van der Waals surface area contributed by atoms with Gasteiger partial charge in [-0.15, -0.1) is 0 Å². The van der Waals surface area contributed by atoms with E-state index in [9.17, 15) is 26.7 Å². The molecule has 0 amide bonds. The predicted octanol–water partition coefficient (Wildman–Crippen LogP) is 2.24. The first kappa shape index (κ1) is 15.2. The van der Waals surface area contributed by atoms with E-state index in [-0.39, 0.29) is 0 Å². The van der Waals surface area contributed by atoms with Crippen LogP contribution in [0, 0.1) is 11.6 Å². The summed E-state index contributed by atoms with van der Waals surface area (Å²) in [6.07, 6.45) is -4.57. The molecule has 106 valence electrons. The molecule has 0 spiro atoms. The highest BCUT2D eigenvalue weighted by molar-refractivity contribution is 5.90. The number of carbonyl (C=O) groups is 1. The average molecular weight is 285 g/mol. The molecular weight excluding hydrogens is 277 g/mol. The van der Waals surface area contributed by atoms with E-state index in [1.165, 1.54) is 0 Å². The van der Waals surface area contributed by atoms with E-state index in [0.29, 0.717) is 12.1 Å². The molecule has 1 aromatic rings. The van der Waals surface area contributed by atoms with Gasteiger partial charge in [0.1, 0.15) is 18.2 Å². The SMILES string of the molecule is Nc1cc(C(=O)OCOCC(F)(F)F)c(F)cc1F. The first-order chi connectivity index (χ1) is 8.70. The van der Waals surface area contributed by atoms with Gasteiger partial charge >= 0.3 is 12.1 Å². The maximum Gasteiger partial charge on any atom is 0.411 e. The third kappa shape index (κ3) is 4.70. The highest BCUT2D eigenvalue weighted by Crippen LogP contribution is 2.18. The van der Waals surface area contributed by atoms with E-state index in [2.05, 4.69) is 9.47 Å². The smallest absolute Gasteiger partial charge is 0.411 e. The summed E-state index contributed by atoms with van der Waals surface area (Å²) >= 11 is 0. The van der Waals surface area contributed by atoms with Crippen LogP contribution in [0.15, 0.2) is 12.1 Å². The zero-order chi connectivity index (χ0) is 14.6. The number of nitrogen functional groups attached to an aromatic ring is 1. The summed E-state index contributed by atoms with van der Waals surface area (Å²) in [5, 5.41) is 0. The zero-order valence-corrected chi connectivity index (χ0v) is 9.26. The Labute approximate surface area is 103 Å². The van der Waals surface area contributed by atoms with Crippen LogP contribution in [-0.4, -0.2) is 25.5 Å². The summed E-state index contributed by atoms with van der Waals surface area (Å²) in [5.41, 5.74) is 3.91. The molecule has 0 radical (unpaired) electrons. The van der Waals surface area contributed by atoms with Gasteiger partial charge in [-0.2, -0.15) is 13.2 Å². The zero-order valence-electron chi connectivity index (χ0n) is 9.26. The van der Waals surface area contributed by atoms with E-state index < -0.39 is 48.4 Å². The molecule has 0 aliphatic heterocycles. The Morgan fingerprint density at radius 1 is 1.21 bits per heavy atom. The van der Waals surface area contributed by atoms with Crippen LogP contribution in [0.5, 0.6) is 0 Å². The molecule has 1 rings (SSSR count). The maximum atomic E-state index is 13.2. The minimum atomic E-state index is -4.57. The van der Waals surface area contributed by atoms with Gasteiger partial charge in [-0.1, -0.05) is 0 Å². The number of anilines is 1. The largest absolute Gasteiger partial charge is 0.435 e. The summed E-state index contributed by atoms with van der Waals surface area (Å²) in [6, 6.07) is 1.04. The molecule has 0 aliphatic rings. The van der Waals surface area contributed by atoms with Crippen molar-refractivity contribution < 1.29 is 36.2 Å². The molecule has 0 fully saturated rings.